The van der Waals surface area contributed by atoms with Crippen LogP contribution in [0.1, 0.15) is 24.2 Å². The molecule has 0 saturated carbocycles. The zero-order chi connectivity index (χ0) is 31.6. The molecule has 0 aliphatic carbocycles. The molecule has 0 aromatic heterocycles. The molecule has 0 bridgehead atoms. The summed E-state index contributed by atoms with van der Waals surface area (Å²) in [6.45, 7) is 3.61. The highest BCUT2D eigenvalue weighted by Gasteiger charge is 2.35. The molecule has 234 valence electrons. The molecule has 2 aliphatic rings. The predicted octanol–water partition coefficient (Wildman–Crippen LogP) is 3.74. The predicted molar refractivity (Wildman–Crippen MR) is 159 cm³/mol. The molecule has 12 nitrogen and oxygen atoms in total. The van der Waals surface area contributed by atoms with Crippen molar-refractivity contribution in [3.05, 3.63) is 72.0 Å². The summed E-state index contributed by atoms with van der Waals surface area (Å²) in [6.07, 6.45) is -0.709. The summed E-state index contributed by atoms with van der Waals surface area (Å²) in [5.41, 5.74) is 0.561. The first-order valence-corrected chi connectivity index (χ1v) is 15.4. The lowest BCUT2D eigenvalue weighted by Crippen LogP contribution is -2.50. The summed E-state index contributed by atoms with van der Waals surface area (Å²) < 4.78 is 59.4. The third-order valence-electron chi connectivity index (χ3n) is 7.48. The van der Waals surface area contributed by atoms with Crippen molar-refractivity contribution >= 4 is 33.3 Å². The average molecular weight is 629 g/mol. The molecule has 2 aliphatic heterocycles. The number of hydrogen-bond donors (Lipinski definition) is 3. The number of nitrogens with zero attached hydrogens (tertiary/aromatic N) is 2. The molecule has 3 atom stereocenters. The lowest BCUT2D eigenvalue weighted by Gasteiger charge is -2.38. The fraction of sp³-hybridized carbons (Fsp3) is 0.333. The molecule has 14 heteroatoms. The number of para-hydroxylation sites is 1. The highest BCUT2D eigenvalue weighted by molar-refractivity contribution is 7.92. The highest BCUT2D eigenvalue weighted by Crippen LogP contribution is 2.37. The molecule has 0 spiro atoms. The number of benzene rings is 3. The molecule has 0 radical (unpaired) electrons. The number of urea groups is 1. The van der Waals surface area contributed by atoms with Crippen LogP contribution in [0.2, 0.25) is 0 Å². The fourth-order valence-corrected chi connectivity index (χ4v) is 5.97. The van der Waals surface area contributed by atoms with Crippen LogP contribution < -0.4 is 24.2 Å². The summed E-state index contributed by atoms with van der Waals surface area (Å²) >= 11 is 0. The Morgan fingerprint density at radius 1 is 1.14 bits per heavy atom. The maximum atomic E-state index is 13.7. The van der Waals surface area contributed by atoms with E-state index in [0.717, 1.165) is 24.3 Å². The van der Waals surface area contributed by atoms with Gasteiger partial charge in [-0.2, -0.15) is 0 Å². The van der Waals surface area contributed by atoms with Crippen molar-refractivity contribution in [1.29, 1.82) is 0 Å². The molecular weight excluding hydrogens is 595 g/mol. The number of carbonyl (C=O) groups is 2. The first kappa shape index (κ1) is 30.9. The summed E-state index contributed by atoms with van der Waals surface area (Å²) in [5.74, 6) is -0.345. The molecule has 3 aromatic carbocycles. The van der Waals surface area contributed by atoms with Gasteiger partial charge in [0, 0.05) is 31.3 Å². The van der Waals surface area contributed by atoms with Gasteiger partial charge in [-0.25, -0.2) is 17.6 Å². The van der Waals surface area contributed by atoms with Crippen molar-refractivity contribution in [1.82, 2.24) is 9.80 Å². The normalized spacial score (nSPS) is 18.4. The van der Waals surface area contributed by atoms with Crippen LogP contribution >= 0.6 is 0 Å². The number of sulfonamides is 1. The minimum Gasteiger partial charge on any atom is -0.485 e. The summed E-state index contributed by atoms with van der Waals surface area (Å²) in [7, 11) is -2.61. The standard InChI is InChI=1S/C30H33FN4O8S/c1-18-14-35(19(2)16-36)29(37)23-5-4-6-24(33-44(39,40)22-10-7-20(31)8-11-22)28(23)43-27(18)15-34(3)30(38)32-21-9-12-25-26(13-21)42-17-41-25/h4-13,18-19,27,33,36H,14-17H2,1-3H3,(H,32,38)/t18-,19+,27-/m1/s1. The third-order valence-corrected chi connectivity index (χ3v) is 8.87. The van der Waals surface area contributed by atoms with Crippen molar-refractivity contribution in [2.75, 3.05) is 43.6 Å². The zero-order valence-corrected chi connectivity index (χ0v) is 25.1. The van der Waals surface area contributed by atoms with Gasteiger partial charge in [0.25, 0.3) is 15.9 Å². The SMILES string of the molecule is C[C@@H]1CN([C@@H](C)CO)C(=O)c2cccc(NS(=O)(=O)c3ccc(F)cc3)c2O[C@@H]1CN(C)C(=O)Nc1ccc2c(c1)OCO2. The number of aliphatic hydroxyl groups is 1. The van der Waals surface area contributed by atoms with Crippen LogP contribution in [0.15, 0.2) is 65.6 Å². The second-order valence-electron chi connectivity index (χ2n) is 10.7. The Morgan fingerprint density at radius 2 is 1.86 bits per heavy atom. The van der Waals surface area contributed by atoms with Crippen LogP contribution in [0.4, 0.5) is 20.6 Å². The number of anilines is 2. The van der Waals surface area contributed by atoms with Gasteiger partial charge in [0.2, 0.25) is 6.79 Å². The molecule has 0 saturated heterocycles. The number of ether oxygens (including phenoxy) is 3. The van der Waals surface area contributed by atoms with Gasteiger partial charge in [-0.3, -0.25) is 9.52 Å². The second-order valence-corrected chi connectivity index (χ2v) is 12.4. The molecule has 2 heterocycles. The number of fused-ring (bicyclic) bond motifs is 2. The molecule has 3 N–H and O–H groups in total. The lowest BCUT2D eigenvalue weighted by atomic mass is 9.99. The molecular formula is C30H33FN4O8S. The first-order chi connectivity index (χ1) is 21.0. The Labute approximate surface area is 254 Å². The van der Waals surface area contributed by atoms with Gasteiger partial charge in [-0.15, -0.1) is 0 Å². The second kappa shape index (κ2) is 12.6. The number of halogens is 1. The van der Waals surface area contributed by atoms with E-state index in [-0.39, 0.29) is 54.3 Å². The molecule has 3 aromatic rings. The number of likely N-dealkylation sites (N-methyl/N-ethyl adjacent to an activating group) is 1. The van der Waals surface area contributed by atoms with Gasteiger partial charge in [-0.05, 0) is 55.5 Å². The zero-order valence-electron chi connectivity index (χ0n) is 24.3. The van der Waals surface area contributed by atoms with Crippen LogP contribution in [-0.2, 0) is 10.0 Å². The maximum absolute atomic E-state index is 13.7. The molecule has 5 rings (SSSR count). The van der Waals surface area contributed by atoms with Gasteiger partial charge in [0.15, 0.2) is 17.2 Å². The molecule has 3 amide bonds. The van der Waals surface area contributed by atoms with E-state index < -0.39 is 39.9 Å². The van der Waals surface area contributed by atoms with E-state index in [4.69, 9.17) is 14.2 Å². The van der Waals surface area contributed by atoms with Crippen molar-refractivity contribution in [2.45, 2.75) is 30.9 Å². The van der Waals surface area contributed by atoms with Crippen molar-refractivity contribution in [2.24, 2.45) is 5.92 Å². The van der Waals surface area contributed by atoms with Gasteiger partial charge >= 0.3 is 6.03 Å². The number of hydrogen-bond acceptors (Lipinski definition) is 8. The number of rotatable bonds is 8. The van der Waals surface area contributed by atoms with E-state index in [2.05, 4.69) is 10.0 Å². The van der Waals surface area contributed by atoms with Gasteiger partial charge in [0.05, 0.1) is 35.3 Å². The van der Waals surface area contributed by atoms with Crippen molar-refractivity contribution in [3.8, 4) is 17.2 Å². The van der Waals surface area contributed by atoms with E-state index in [1.807, 2.05) is 6.92 Å². The van der Waals surface area contributed by atoms with Crippen LogP contribution in [-0.4, -0.2) is 80.9 Å². The molecule has 0 fully saturated rings. The largest absolute Gasteiger partial charge is 0.485 e. The summed E-state index contributed by atoms with van der Waals surface area (Å²) in [6, 6.07) is 12.8. The Balaban J connectivity index is 1.44. The maximum Gasteiger partial charge on any atom is 0.321 e. The fourth-order valence-electron chi connectivity index (χ4n) is 4.91. The smallest absolute Gasteiger partial charge is 0.321 e. The first-order valence-electron chi connectivity index (χ1n) is 13.9. The van der Waals surface area contributed by atoms with Crippen LogP contribution in [0.25, 0.3) is 0 Å². The number of nitrogens with one attached hydrogen (secondary N) is 2. The quantitative estimate of drug-likeness (QED) is 0.342. The summed E-state index contributed by atoms with van der Waals surface area (Å²) in [5, 5.41) is 12.7. The Kier molecular flexibility index (Phi) is 8.83. The van der Waals surface area contributed by atoms with Crippen LogP contribution in [0, 0.1) is 11.7 Å². The lowest BCUT2D eigenvalue weighted by molar-refractivity contribution is 0.0373. The third kappa shape index (κ3) is 6.50. The Morgan fingerprint density at radius 3 is 2.59 bits per heavy atom. The number of carbonyl (C=O) groups excluding carboxylic acids is 2. The van der Waals surface area contributed by atoms with E-state index in [1.165, 1.54) is 28.0 Å². The van der Waals surface area contributed by atoms with E-state index >= 15 is 0 Å². The monoisotopic (exact) mass is 628 g/mol. The molecule has 44 heavy (non-hydrogen) atoms. The van der Waals surface area contributed by atoms with E-state index in [0.29, 0.717) is 17.2 Å². The minimum absolute atomic E-state index is 0.0108. The van der Waals surface area contributed by atoms with E-state index in [1.54, 1.807) is 32.2 Å². The minimum atomic E-state index is -4.20. The average Bonchev–Trinajstić information content (AvgIpc) is 3.47. The van der Waals surface area contributed by atoms with Crippen molar-refractivity contribution < 1.29 is 41.7 Å². The number of aliphatic hydroxyl groups excluding tert-OH is 1. The molecule has 0 unspecified atom stereocenters. The van der Waals surface area contributed by atoms with Gasteiger partial charge in [-0.1, -0.05) is 13.0 Å². The van der Waals surface area contributed by atoms with Gasteiger partial charge < -0.3 is 34.4 Å². The van der Waals surface area contributed by atoms with Crippen molar-refractivity contribution in [3.63, 3.8) is 0 Å². The highest BCUT2D eigenvalue weighted by atomic mass is 32.2. The summed E-state index contributed by atoms with van der Waals surface area (Å²) in [4.78, 5) is 29.6. The topological polar surface area (TPSA) is 147 Å². The van der Waals surface area contributed by atoms with Crippen LogP contribution in [0.5, 0.6) is 17.2 Å². The Hall–Kier alpha value is -4.56. The number of amides is 3. The van der Waals surface area contributed by atoms with Crippen LogP contribution in [0.3, 0.4) is 0 Å². The van der Waals surface area contributed by atoms with Gasteiger partial charge in [0.1, 0.15) is 11.9 Å². The Bertz CT molecular complexity index is 1650. The van der Waals surface area contributed by atoms with E-state index in [9.17, 15) is 27.5 Å².